The molecular formula is C13H28N2O. The van der Waals surface area contributed by atoms with E-state index in [0.717, 1.165) is 19.5 Å². The van der Waals surface area contributed by atoms with Gasteiger partial charge in [-0.15, -0.1) is 0 Å². The van der Waals surface area contributed by atoms with Crippen molar-refractivity contribution < 1.29 is 4.79 Å². The number of hydrogen-bond donors (Lipinski definition) is 0. The fraction of sp³-hybridized carbons (Fsp3) is 0.923. The maximum Gasteiger partial charge on any atom is 0.225 e. The molecule has 1 unspecified atom stereocenters. The predicted octanol–water partition coefficient (Wildman–Crippen LogP) is 2.08. The maximum absolute atomic E-state index is 12.0. The van der Waals surface area contributed by atoms with Gasteiger partial charge in [-0.25, -0.2) is 0 Å². The molecule has 0 spiro atoms. The van der Waals surface area contributed by atoms with Gasteiger partial charge in [0.15, 0.2) is 0 Å². The van der Waals surface area contributed by atoms with Gasteiger partial charge in [0.05, 0.1) is 0 Å². The molecule has 0 aliphatic carbocycles. The first-order valence-corrected chi connectivity index (χ1v) is 6.03. The molecule has 0 N–H and O–H groups in total. The highest BCUT2D eigenvalue weighted by Gasteiger charge is 2.21. The topological polar surface area (TPSA) is 23.6 Å². The van der Waals surface area contributed by atoms with Crippen molar-refractivity contribution >= 4 is 5.91 Å². The normalized spacial score (nSPS) is 14.0. The second kappa shape index (κ2) is 6.24. The fourth-order valence-electron chi connectivity index (χ4n) is 1.74. The summed E-state index contributed by atoms with van der Waals surface area (Å²) in [5.74, 6) is 0.381. The standard InChI is InChI=1S/C13H28N2O/c1-11(8-9-14(5)6)12(16)15(7)10-13(2,3)4/h11H,8-10H2,1-7H3. The Morgan fingerprint density at radius 3 is 2.06 bits per heavy atom. The molecule has 0 heterocycles. The molecule has 0 aromatic heterocycles. The molecule has 96 valence electrons. The second-order valence-corrected chi connectivity index (χ2v) is 6.25. The van der Waals surface area contributed by atoms with Gasteiger partial charge in [0.1, 0.15) is 0 Å². The molecule has 0 bridgehead atoms. The molecule has 3 heteroatoms. The van der Waals surface area contributed by atoms with Crippen LogP contribution in [0.1, 0.15) is 34.1 Å². The first kappa shape index (κ1) is 15.4. The minimum atomic E-state index is 0.120. The van der Waals surface area contributed by atoms with E-state index in [4.69, 9.17) is 0 Å². The molecular weight excluding hydrogens is 200 g/mol. The minimum Gasteiger partial charge on any atom is -0.345 e. The van der Waals surface area contributed by atoms with E-state index >= 15 is 0 Å². The lowest BCUT2D eigenvalue weighted by atomic mass is 9.95. The van der Waals surface area contributed by atoms with Gasteiger partial charge in [-0.05, 0) is 32.5 Å². The number of rotatable bonds is 5. The minimum absolute atomic E-state index is 0.120. The molecule has 3 nitrogen and oxygen atoms in total. The molecule has 0 rings (SSSR count). The Kier molecular flexibility index (Phi) is 6.01. The van der Waals surface area contributed by atoms with Crippen LogP contribution in [0.15, 0.2) is 0 Å². The molecule has 1 amide bonds. The summed E-state index contributed by atoms with van der Waals surface area (Å²) in [6, 6.07) is 0. The summed E-state index contributed by atoms with van der Waals surface area (Å²) in [6.45, 7) is 10.3. The van der Waals surface area contributed by atoms with Gasteiger partial charge in [-0.1, -0.05) is 27.7 Å². The zero-order valence-electron chi connectivity index (χ0n) is 12.0. The highest BCUT2D eigenvalue weighted by atomic mass is 16.2. The van der Waals surface area contributed by atoms with Crippen LogP contribution >= 0.6 is 0 Å². The Bertz CT molecular complexity index is 218. The van der Waals surface area contributed by atoms with Gasteiger partial charge < -0.3 is 9.80 Å². The van der Waals surface area contributed by atoms with E-state index in [9.17, 15) is 4.79 Å². The first-order chi connectivity index (χ1) is 7.13. The molecule has 0 radical (unpaired) electrons. The van der Waals surface area contributed by atoms with Crippen molar-refractivity contribution in [2.45, 2.75) is 34.1 Å². The SMILES string of the molecule is CC(CCN(C)C)C(=O)N(C)CC(C)(C)C. The molecule has 1 atom stereocenters. The largest absolute Gasteiger partial charge is 0.345 e. The lowest BCUT2D eigenvalue weighted by Crippen LogP contribution is -2.38. The summed E-state index contributed by atoms with van der Waals surface area (Å²) in [4.78, 5) is 16.0. The summed E-state index contributed by atoms with van der Waals surface area (Å²) in [7, 11) is 5.98. The lowest BCUT2D eigenvalue weighted by Gasteiger charge is -2.29. The molecule has 0 aliphatic heterocycles. The number of carbonyl (C=O) groups is 1. The second-order valence-electron chi connectivity index (χ2n) is 6.25. The van der Waals surface area contributed by atoms with Crippen LogP contribution in [0.3, 0.4) is 0 Å². The Labute approximate surface area is 101 Å². The predicted molar refractivity (Wildman–Crippen MR) is 69.4 cm³/mol. The summed E-state index contributed by atoms with van der Waals surface area (Å²) >= 11 is 0. The maximum atomic E-state index is 12.0. The zero-order chi connectivity index (χ0) is 12.9. The average molecular weight is 228 g/mol. The van der Waals surface area contributed by atoms with Crippen molar-refractivity contribution in [3.8, 4) is 0 Å². The van der Waals surface area contributed by atoms with Gasteiger partial charge in [-0.2, -0.15) is 0 Å². The van der Waals surface area contributed by atoms with E-state index in [2.05, 4.69) is 25.7 Å². The first-order valence-electron chi connectivity index (χ1n) is 6.03. The number of amides is 1. The Morgan fingerprint density at radius 1 is 1.19 bits per heavy atom. The van der Waals surface area contributed by atoms with E-state index < -0.39 is 0 Å². The van der Waals surface area contributed by atoms with Crippen LogP contribution in [0.5, 0.6) is 0 Å². The molecule has 0 aromatic rings. The Balaban J connectivity index is 4.12. The van der Waals surface area contributed by atoms with Crippen LogP contribution in [0, 0.1) is 11.3 Å². The van der Waals surface area contributed by atoms with Crippen LogP contribution in [-0.4, -0.2) is 49.9 Å². The van der Waals surface area contributed by atoms with Crippen LogP contribution in [0.2, 0.25) is 0 Å². The number of carbonyl (C=O) groups excluding carboxylic acids is 1. The van der Waals surface area contributed by atoms with Crippen LogP contribution in [0.25, 0.3) is 0 Å². The van der Waals surface area contributed by atoms with E-state index in [1.54, 1.807) is 0 Å². The fourth-order valence-corrected chi connectivity index (χ4v) is 1.74. The molecule has 0 saturated carbocycles. The Morgan fingerprint density at radius 2 is 1.69 bits per heavy atom. The van der Waals surface area contributed by atoms with Crippen molar-refractivity contribution in [2.75, 3.05) is 34.2 Å². The molecule has 0 fully saturated rings. The van der Waals surface area contributed by atoms with Gasteiger partial charge >= 0.3 is 0 Å². The van der Waals surface area contributed by atoms with Gasteiger partial charge in [0.2, 0.25) is 5.91 Å². The molecule has 0 aromatic carbocycles. The van der Waals surface area contributed by atoms with E-state index in [-0.39, 0.29) is 17.2 Å². The third kappa shape index (κ3) is 6.83. The summed E-state index contributed by atoms with van der Waals surface area (Å²) < 4.78 is 0. The monoisotopic (exact) mass is 228 g/mol. The lowest BCUT2D eigenvalue weighted by molar-refractivity contribution is -0.135. The highest BCUT2D eigenvalue weighted by molar-refractivity contribution is 5.78. The van der Waals surface area contributed by atoms with Gasteiger partial charge in [0.25, 0.3) is 0 Å². The van der Waals surface area contributed by atoms with E-state index in [1.807, 2.05) is 33.0 Å². The van der Waals surface area contributed by atoms with Crippen molar-refractivity contribution in [1.82, 2.24) is 9.80 Å². The van der Waals surface area contributed by atoms with Crippen LogP contribution < -0.4 is 0 Å². The smallest absolute Gasteiger partial charge is 0.225 e. The van der Waals surface area contributed by atoms with Crippen molar-refractivity contribution in [1.29, 1.82) is 0 Å². The summed E-state index contributed by atoms with van der Waals surface area (Å²) in [6.07, 6.45) is 0.931. The number of nitrogens with zero attached hydrogens (tertiary/aromatic N) is 2. The van der Waals surface area contributed by atoms with E-state index in [0.29, 0.717) is 0 Å². The summed E-state index contributed by atoms with van der Waals surface area (Å²) in [5.41, 5.74) is 0.172. The third-order valence-electron chi connectivity index (χ3n) is 2.52. The zero-order valence-corrected chi connectivity index (χ0v) is 12.0. The van der Waals surface area contributed by atoms with Gasteiger partial charge in [0, 0.05) is 19.5 Å². The summed E-state index contributed by atoms with van der Waals surface area (Å²) in [5, 5.41) is 0. The molecule has 16 heavy (non-hydrogen) atoms. The third-order valence-corrected chi connectivity index (χ3v) is 2.52. The highest BCUT2D eigenvalue weighted by Crippen LogP contribution is 2.16. The quantitative estimate of drug-likeness (QED) is 0.719. The van der Waals surface area contributed by atoms with Crippen molar-refractivity contribution in [3.63, 3.8) is 0 Å². The average Bonchev–Trinajstić information content (AvgIpc) is 2.10. The van der Waals surface area contributed by atoms with Crippen molar-refractivity contribution in [2.24, 2.45) is 11.3 Å². The Hall–Kier alpha value is -0.570. The van der Waals surface area contributed by atoms with Crippen LogP contribution in [0.4, 0.5) is 0 Å². The number of hydrogen-bond acceptors (Lipinski definition) is 2. The molecule has 0 aliphatic rings. The van der Waals surface area contributed by atoms with Gasteiger partial charge in [-0.3, -0.25) is 4.79 Å². The molecule has 0 saturated heterocycles. The van der Waals surface area contributed by atoms with E-state index in [1.165, 1.54) is 0 Å². The van der Waals surface area contributed by atoms with Crippen LogP contribution in [-0.2, 0) is 4.79 Å². The van der Waals surface area contributed by atoms with Crippen molar-refractivity contribution in [3.05, 3.63) is 0 Å².